The zero-order valence-electron chi connectivity index (χ0n) is 9.42. The molecule has 2 rings (SSSR count). The van der Waals surface area contributed by atoms with Gasteiger partial charge in [-0.15, -0.1) is 0 Å². The van der Waals surface area contributed by atoms with Gasteiger partial charge >= 0.3 is 0 Å². The van der Waals surface area contributed by atoms with Gasteiger partial charge in [-0.2, -0.15) is 0 Å². The number of hydrogen-bond donors (Lipinski definition) is 1. The summed E-state index contributed by atoms with van der Waals surface area (Å²) in [6.45, 7) is 0. The van der Waals surface area contributed by atoms with E-state index >= 15 is 0 Å². The smallest absolute Gasteiger partial charge is 0.157 e. The lowest BCUT2D eigenvalue weighted by molar-refractivity contribution is -0.127. The largest absolute Gasteiger partial charge is 0.304 e. The summed E-state index contributed by atoms with van der Waals surface area (Å²) >= 11 is 6.20. The van der Waals surface area contributed by atoms with Gasteiger partial charge in [-0.05, 0) is 31.5 Å². The molecule has 0 amide bonds. The molecule has 1 N–H and O–H groups in total. The molecular weight excluding hydrogens is 221 g/mol. The van der Waals surface area contributed by atoms with E-state index in [9.17, 15) is 4.79 Å². The highest BCUT2D eigenvalue weighted by Gasteiger charge is 2.40. The topological polar surface area (TPSA) is 29.1 Å². The molecule has 0 saturated heterocycles. The summed E-state index contributed by atoms with van der Waals surface area (Å²) in [5.41, 5.74) is 0.361. The van der Waals surface area contributed by atoms with Gasteiger partial charge in [-0.3, -0.25) is 4.79 Å². The third kappa shape index (κ3) is 1.76. The molecule has 0 aromatic heterocycles. The number of halogens is 1. The average molecular weight is 237 g/mol. The molecule has 1 fully saturated rings. The summed E-state index contributed by atoms with van der Waals surface area (Å²) in [6.07, 6.45) is 3.54. The lowest BCUT2D eigenvalue weighted by atomic mass is 9.75. The molecule has 0 spiro atoms. The minimum Gasteiger partial charge on any atom is -0.304 e. The van der Waals surface area contributed by atoms with Gasteiger partial charge in [-0.1, -0.05) is 36.2 Å². The van der Waals surface area contributed by atoms with Gasteiger partial charge in [0.2, 0.25) is 0 Å². The second-order valence-electron chi connectivity index (χ2n) is 4.27. The van der Waals surface area contributed by atoms with E-state index in [-0.39, 0.29) is 5.78 Å². The number of nitrogens with one attached hydrogen (secondary N) is 1. The first-order valence-electron chi connectivity index (χ1n) is 5.68. The van der Waals surface area contributed by atoms with Crippen molar-refractivity contribution in [3.05, 3.63) is 34.9 Å². The number of rotatable bonds is 2. The van der Waals surface area contributed by atoms with E-state index in [0.717, 1.165) is 24.8 Å². The molecule has 2 nitrogen and oxygen atoms in total. The van der Waals surface area contributed by atoms with Crippen LogP contribution in [0.3, 0.4) is 0 Å². The molecule has 0 bridgehead atoms. The molecule has 1 saturated carbocycles. The van der Waals surface area contributed by atoms with Crippen LogP contribution in [-0.4, -0.2) is 12.8 Å². The Morgan fingerprint density at radius 3 is 2.69 bits per heavy atom. The fourth-order valence-electron chi connectivity index (χ4n) is 2.52. The summed E-state index contributed by atoms with van der Waals surface area (Å²) < 4.78 is 0. The molecule has 3 heteroatoms. The zero-order valence-corrected chi connectivity index (χ0v) is 10.2. The van der Waals surface area contributed by atoms with Crippen molar-refractivity contribution < 1.29 is 4.79 Å². The minimum absolute atomic E-state index is 0.259. The maximum atomic E-state index is 12.2. The van der Waals surface area contributed by atoms with Gasteiger partial charge in [0.25, 0.3) is 0 Å². The SMILES string of the molecule is [11CH3]NC1(c2ccccc2Cl)CCCCC1=O. The first-order valence-corrected chi connectivity index (χ1v) is 6.06. The quantitative estimate of drug-likeness (QED) is 0.856. The van der Waals surface area contributed by atoms with E-state index in [1.165, 1.54) is 0 Å². The second kappa shape index (κ2) is 4.56. The maximum absolute atomic E-state index is 12.2. The van der Waals surface area contributed by atoms with Crippen molar-refractivity contribution in [2.24, 2.45) is 0 Å². The Kier molecular flexibility index (Phi) is 3.31. The third-order valence-corrected chi connectivity index (χ3v) is 3.77. The molecule has 16 heavy (non-hydrogen) atoms. The van der Waals surface area contributed by atoms with Crippen molar-refractivity contribution >= 4 is 17.4 Å². The van der Waals surface area contributed by atoms with Crippen LogP contribution in [0.4, 0.5) is 0 Å². The molecule has 0 radical (unpaired) electrons. The monoisotopic (exact) mass is 236 g/mol. The van der Waals surface area contributed by atoms with Crippen molar-refractivity contribution in [2.45, 2.75) is 31.2 Å². The Bertz CT molecular complexity index is 405. The Morgan fingerprint density at radius 2 is 2.06 bits per heavy atom. The van der Waals surface area contributed by atoms with Crippen LogP contribution in [-0.2, 0) is 10.3 Å². The van der Waals surface area contributed by atoms with Gasteiger partial charge in [-0.25, -0.2) is 0 Å². The van der Waals surface area contributed by atoms with Crippen LogP contribution in [0, 0.1) is 0 Å². The van der Waals surface area contributed by atoms with E-state index in [2.05, 4.69) is 5.32 Å². The fourth-order valence-corrected chi connectivity index (χ4v) is 2.82. The van der Waals surface area contributed by atoms with E-state index in [1.54, 1.807) is 0 Å². The van der Waals surface area contributed by atoms with Crippen LogP contribution >= 0.6 is 11.6 Å². The van der Waals surface area contributed by atoms with E-state index in [4.69, 9.17) is 11.6 Å². The highest BCUT2D eigenvalue weighted by Crippen LogP contribution is 2.37. The number of benzene rings is 1. The number of likely N-dealkylation sites (N-methyl/N-ethyl adjacent to an activating group) is 1. The predicted molar refractivity (Wildman–Crippen MR) is 65.7 cm³/mol. The molecule has 1 aliphatic carbocycles. The van der Waals surface area contributed by atoms with Crippen LogP contribution in [0.2, 0.25) is 5.02 Å². The number of carbonyl (C=O) groups is 1. The molecule has 0 aliphatic heterocycles. The minimum atomic E-state index is -0.559. The van der Waals surface area contributed by atoms with Crippen molar-refractivity contribution in [2.75, 3.05) is 7.05 Å². The summed E-state index contributed by atoms with van der Waals surface area (Å²) in [6, 6.07) is 7.62. The lowest BCUT2D eigenvalue weighted by Gasteiger charge is -2.36. The van der Waals surface area contributed by atoms with Gasteiger partial charge < -0.3 is 5.32 Å². The molecule has 86 valence electrons. The maximum Gasteiger partial charge on any atom is 0.157 e. The number of Topliss-reactive ketones (excluding diaryl/α,β-unsaturated/α-hetero) is 1. The normalized spacial score (nSPS) is 25.8. The Balaban J connectivity index is 2.48. The third-order valence-electron chi connectivity index (χ3n) is 3.44. The van der Waals surface area contributed by atoms with Crippen LogP contribution in [0.15, 0.2) is 24.3 Å². The van der Waals surface area contributed by atoms with Crippen molar-refractivity contribution in [3.63, 3.8) is 0 Å². The molecule has 1 aliphatic rings. The summed E-state index contributed by atoms with van der Waals surface area (Å²) in [7, 11) is 1.84. The van der Waals surface area contributed by atoms with Crippen molar-refractivity contribution in [3.8, 4) is 0 Å². The zero-order chi connectivity index (χ0) is 11.6. The van der Waals surface area contributed by atoms with Crippen molar-refractivity contribution in [1.82, 2.24) is 5.32 Å². The molecule has 1 aromatic rings. The number of hydrogen-bond acceptors (Lipinski definition) is 2. The first kappa shape index (κ1) is 11.6. The van der Waals surface area contributed by atoms with Gasteiger partial charge in [0, 0.05) is 11.4 Å². The fraction of sp³-hybridized carbons (Fsp3) is 0.462. The standard InChI is InChI=1S/C13H16ClNO/c1-15-13(9-5-4-8-12(13)16)10-6-2-3-7-11(10)14/h2-3,6-7,15H,4-5,8-9H2,1H3/i1-1. The number of ketones is 1. The second-order valence-corrected chi connectivity index (χ2v) is 4.67. The van der Waals surface area contributed by atoms with E-state index < -0.39 is 5.54 Å². The highest BCUT2D eigenvalue weighted by atomic mass is 35.5. The van der Waals surface area contributed by atoms with E-state index in [0.29, 0.717) is 11.4 Å². The summed E-state index contributed by atoms with van der Waals surface area (Å²) in [5, 5.41) is 3.86. The van der Waals surface area contributed by atoms with Crippen LogP contribution in [0.5, 0.6) is 0 Å². The van der Waals surface area contributed by atoms with Gasteiger partial charge in [0.1, 0.15) is 5.54 Å². The highest BCUT2D eigenvalue weighted by molar-refractivity contribution is 6.31. The van der Waals surface area contributed by atoms with Crippen LogP contribution in [0.25, 0.3) is 0 Å². The van der Waals surface area contributed by atoms with Gasteiger partial charge in [0.15, 0.2) is 5.78 Å². The molecule has 0 heterocycles. The van der Waals surface area contributed by atoms with Crippen LogP contribution in [0.1, 0.15) is 31.2 Å². The lowest BCUT2D eigenvalue weighted by Crippen LogP contribution is -2.49. The molecule has 1 aromatic carbocycles. The number of carbonyl (C=O) groups excluding carboxylic acids is 1. The molecular formula is C13H16ClNO. The van der Waals surface area contributed by atoms with Gasteiger partial charge in [0.05, 0.1) is 0 Å². The Labute approximate surface area is 101 Å². The van der Waals surface area contributed by atoms with E-state index in [1.807, 2.05) is 31.3 Å². The molecule has 1 unspecified atom stereocenters. The first-order chi connectivity index (χ1) is 7.70. The summed E-state index contributed by atoms with van der Waals surface area (Å²) in [5.74, 6) is 0.259. The van der Waals surface area contributed by atoms with Crippen LogP contribution < -0.4 is 5.32 Å². The summed E-state index contributed by atoms with van der Waals surface area (Å²) in [4.78, 5) is 12.2. The predicted octanol–water partition coefficient (Wildman–Crippen LogP) is 2.90. The molecule has 1 atom stereocenters. The Morgan fingerprint density at radius 1 is 1.31 bits per heavy atom. The average Bonchev–Trinajstić information content (AvgIpc) is 2.31. The van der Waals surface area contributed by atoms with Crippen molar-refractivity contribution in [1.29, 1.82) is 0 Å². The Hall–Kier alpha value is -0.860.